The number of nitrogens with zero attached hydrogens (tertiary/aromatic N) is 3. The first-order valence-electron chi connectivity index (χ1n) is 14.1. The number of aliphatic carboxylic acids is 1. The third-order valence-corrected chi connectivity index (χ3v) is 9.31. The second kappa shape index (κ2) is 12.0. The number of benzene rings is 1. The van der Waals surface area contributed by atoms with Gasteiger partial charge >= 0.3 is 5.97 Å². The van der Waals surface area contributed by atoms with E-state index in [0.29, 0.717) is 61.2 Å². The second-order valence-electron chi connectivity index (χ2n) is 11.5. The van der Waals surface area contributed by atoms with Crippen LogP contribution in [0.25, 0.3) is 22.4 Å². The number of nitrogens with one attached hydrogen (secondary N) is 1. The number of aromatic nitrogens is 1. The van der Waals surface area contributed by atoms with Crippen molar-refractivity contribution in [3.8, 4) is 11.3 Å². The van der Waals surface area contributed by atoms with Crippen molar-refractivity contribution in [1.29, 1.82) is 0 Å². The Balaban J connectivity index is 1.44. The molecule has 0 radical (unpaired) electrons. The largest absolute Gasteiger partial charge is 0.760 e. The molecule has 220 valence electrons. The molecule has 1 saturated heterocycles. The summed E-state index contributed by atoms with van der Waals surface area (Å²) in [4.78, 5) is 32.1. The minimum Gasteiger partial charge on any atom is -0.760 e. The third kappa shape index (κ3) is 6.23. The van der Waals surface area contributed by atoms with Crippen LogP contribution in [0.4, 0.5) is 0 Å². The molecule has 10 nitrogen and oxygen atoms in total. The van der Waals surface area contributed by atoms with Crippen LogP contribution >= 0.6 is 0 Å². The molecule has 2 aliphatic rings. The van der Waals surface area contributed by atoms with Crippen LogP contribution in [0.1, 0.15) is 71.6 Å². The number of pyridine rings is 1. The van der Waals surface area contributed by atoms with E-state index in [2.05, 4.69) is 10.2 Å². The molecule has 2 aromatic heterocycles. The van der Waals surface area contributed by atoms with Gasteiger partial charge in [0.2, 0.25) is 5.71 Å². The Labute approximate surface area is 242 Å². The Bertz CT molecular complexity index is 1460. The zero-order chi connectivity index (χ0) is 29.3. The van der Waals surface area contributed by atoms with Crippen molar-refractivity contribution < 1.29 is 27.9 Å². The van der Waals surface area contributed by atoms with Crippen LogP contribution in [0.2, 0.25) is 0 Å². The van der Waals surface area contributed by atoms with Crippen LogP contribution in [0, 0.1) is 12.3 Å². The predicted octanol–water partition coefficient (Wildman–Crippen LogP) is 4.21. The van der Waals surface area contributed by atoms with Gasteiger partial charge in [-0.2, -0.15) is 0 Å². The normalized spacial score (nSPS) is 18.1. The van der Waals surface area contributed by atoms with Gasteiger partial charge in [-0.05, 0) is 83.1 Å². The van der Waals surface area contributed by atoms with Gasteiger partial charge < -0.3 is 24.3 Å². The lowest BCUT2D eigenvalue weighted by atomic mass is 9.75. The number of piperidine rings is 1. The maximum atomic E-state index is 13.0. The fourth-order valence-electron chi connectivity index (χ4n) is 5.79. The molecule has 1 aliphatic heterocycles. The molecule has 1 amide bonds. The summed E-state index contributed by atoms with van der Waals surface area (Å²) in [6, 6.07) is 9.64. The molecule has 5 rings (SSSR count). The lowest BCUT2D eigenvalue weighted by Gasteiger charge is -2.38. The molecular weight excluding hydrogens is 544 g/mol. The highest BCUT2D eigenvalue weighted by Gasteiger charge is 2.40. The van der Waals surface area contributed by atoms with Crippen LogP contribution in [0.5, 0.6) is 0 Å². The van der Waals surface area contributed by atoms with Gasteiger partial charge in [0.15, 0.2) is 0 Å². The zero-order valence-corrected chi connectivity index (χ0v) is 24.6. The van der Waals surface area contributed by atoms with Crippen LogP contribution in [-0.2, 0) is 22.6 Å². The molecule has 1 atom stereocenters. The van der Waals surface area contributed by atoms with E-state index in [1.165, 1.54) is 4.31 Å². The molecule has 1 saturated carbocycles. The topological polar surface area (TPSA) is 139 Å². The van der Waals surface area contributed by atoms with Gasteiger partial charge in [-0.1, -0.05) is 29.8 Å². The molecule has 41 heavy (non-hydrogen) atoms. The summed E-state index contributed by atoms with van der Waals surface area (Å²) in [5.41, 5.74) is 3.23. The molecule has 1 aliphatic carbocycles. The molecule has 3 heterocycles. The molecule has 1 unspecified atom stereocenters. The lowest BCUT2D eigenvalue weighted by molar-refractivity contribution is -0.152. The van der Waals surface area contributed by atoms with Crippen LogP contribution < -0.4 is 5.32 Å². The molecule has 3 aromatic rings. The number of likely N-dealkylation sites (tertiary alicyclic amines) is 1. The molecule has 11 heteroatoms. The van der Waals surface area contributed by atoms with E-state index in [-0.39, 0.29) is 30.6 Å². The molecule has 0 bridgehead atoms. The van der Waals surface area contributed by atoms with Crippen molar-refractivity contribution in [2.45, 2.75) is 57.9 Å². The van der Waals surface area contributed by atoms with Crippen molar-refractivity contribution in [3.05, 3.63) is 52.7 Å². The van der Waals surface area contributed by atoms with Crippen LogP contribution in [-0.4, -0.2) is 73.7 Å². The van der Waals surface area contributed by atoms with Gasteiger partial charge in [0.1, 0.15) is 5.76 Å². The average molecular weight is 582 g/mol. The SMILES string of the molecule is CNC(=O)c1c(-c2ccc(C)cc2)oc2nc(CN(CCCC3(C(=O)O)CCN(C)CC3)S(=O)[O-])c(C3CC3)cc12. The fourth-order valence-corrected chi connectivity index (χ4v) is 6.30. The summed E-state index contributed by atoms with van der Waals surface area (Å²) in [5.74, 6) is -0.419. The molecule has 0 spiro atoms. The second-order valence-corrected chi connectivity index (χ2v) is 12.4. The summed E-state index contributed by atoms with van der Waals surface area (Å²) < 4.78 is 32.1. The van der Waals surface area contributed by atoms with Crippen molar-refractivity contribution >= 4 is 34.2 Å². The Kier molecular flexibility index (Phi) is 8.60. The fraction of sp³-hybridized carbons (Fsp3) is 0.500. The van der Waals surface area contributed by atoms with Gasteiger partial charge in [0.25, 0.3) is 5.91 Å². The number of hydrogen-bond donors (Lipinski definition) is 2. The molecule has 1 aromatic carbocycles. The number of carboxylic acid groups (broad SMARTS) is 1. The van der Waals surface area contributed by atoms with E-state index in [0.717, 1.165) is 29.5 Å². The Morgan fingerprint density at radius 1 is 1.24 bits per heavy atom. The maximum absolute atomic E-state index is 13.0. The van der Waals surface area contributed by atoms with E-state index in [1.807, 2.05) is 44.3 Å². The highest BCUT2D eigenvalue weighted by atomic mass is 32.2. The Morgan fingerprint density at radius 3 is 2.51 bits per heavy atom. The van der Waals surface area contributed by atoms with Crippen molar-refractivity contribution in [2.24, 2.45) is 5.41 Å². The first kappa shape index (κ1) is 29.4. The summed E-state index contributed by atoms with van der Waals surface area (Å²) in [6.07, 6.45) is 3.89. The highest BCUT2D eigenvalue weighted by Crippen LogP contribution is 2.44. The number of aryl methyl sites for hydroxylation is 1. The number of furan rings is 1. The number of hydrogen-bond acceptors (Lipinski definition) is 7. The number of amides is 1. The number of rotatable bonds is 11. The van der Waals surface area contributed by atoms with E-state index < -0.39 is 22.7 Å². The minimum atomic E-state index is -2.52. The summed E-state index contributed by atoms with van der Waals surface area (Å²) in [5, 5.41) is 13.3. The quantitative estimate of drug-likeness (QED) is 0.321. The van der Waals surface area contributed by atoms with Crippen LogP contribution in [0.3, 0.4) is 0 Å². The van der Waals surface area contributed by atoms with Crippen molar-refractivity contribution in [1.82, 2.24) is 19.5 Å². The zero-order valence-electron chi connectivity index (χ0n) is 23.8. The van der Waals surface area contributed by atoms with E-state index in [4.69, 9.17) is 9.40 Å². The summed E-state index contributed by atoms with van der Waals surface area (Å²) >= 11 is -2.52. The van der Waals surface area contributed by atoms with Crippen molar-refractivity contribution in [2.75, 3.05) is 33.7 Å². The first-order valence-corrected chi connectivity index (χ1v) is 15.2. The molecule has 2 fully saturated rings. The van der Waals surface area contributed by atoms with Gasteiger partial charge in [-0.15, -0.1) is 0 Å². The van der Waals surface area contributed by atoms with E-state index in [1.54, 1.807) is 7.05 Å². The number of carbonyl (C=O) groups excluding carboxylic acids is 1. The van der Waals surface area contributed by atoms with E-state index >= 15 is 0 Å². The van der Waals surface area contributed by atoms with Crippen LogP contribution in [0.15, 0.2) is 34.7 Å². The van der Waals surface area contributed by atoms with Gasteiger partial charge in [-0.25, -0.2) is 9.29 Å². The van der Waals surface area contributed by atoms with Gasteiger partial charge in [0, 0.05) is 30.4 Å². The Morgan fingerprint density at radius 2 is 1.93 bits per heavy atom. The number of carbonyl (C=O) groups is 2. The van der Waals surface area contributed by atoms with E-state index in [9.17, 15) is 23.5 Å². The monoisotopic (exact) mass is 581 g/mol. The smallest absolute Gasteiger partial charge is 0.309 e. The van der Waals surface area contributed by atoms with Gasteiger partial charge in [0.05, 0.1) is 28.6 Å². The number of fused-ring (bicyclic) bond motifs is 1. The third-order valence-electron chi connectivity index (χ3n) is 8.58. The highest BCUT2D eigenvalue weighted by molar-refractivity contribution is 7.76. The maximum Gasteiger partial charge on any atom is 0.309 e. The lowest BCUT2D eigenvalue weighted by Crippen LogP contribution is -2.43. The van der Waals surface area contributed by atoms with Gasteiger partial charge in [-0.3, -0.25) is 13.8 Å². The Hall–Kier alpha value is -3.12. The molecular formula is C30H37N4O6S-. The number of carboxylic acids is 1. The standard InChI is InChI=1S/C30H38N4O6S/c1-19-5-7-21(8-6-19)26-25(27(35)31-2)23-17-22(20-9-10-20)24(32-28(23)40-26)18-34(41(38)39)14-4-11-30(29(36)37)12-15-33(3)16-13-30/h5-8,17,20H,4,9-16,18H2,1-3H3,(H,31,35)(H,36,37)(H,38,39)/p-1. The van der Waals surface area contributed by atoms with Crippen molar-refractivity contribution in [3.63, 3.8) is 0 Å². The molecule has 2 N–H and O–H groups in total. The summed E-state index contributed by atoms with van der Waals surface area (Å²) in [6.45, 7) is 3.66. The minimum absolute atomic E-state index is 0.0521. The average Bonchev–Trinajstić information content (AvgIpc) is 3.73. The predicted molar refractivity (Wildman–Crippen MR) is 155 cm³/mol. The first-order chi connectivity index (χ1) is 19.6. The summed E-state index contributed by atoms with van der Waals surface area (Å²) in [7, 11) is 3.56.